The maximum Gasteiger partial charge on any atom is 0.0704 e. The molecule has 0 amide bonds. The fourth-order valence-corrected chi connectivity index (χ4v) is 2.79. The van der Waals surface area contributed by atoms with Gasteiger partial charge in [0.1, 0.15) is 0 Å². The van der Waals surface area contributed by atoms with E-state index in [-0.39, 0.29) is 35.9 Å². The Morgan fingerprint density at radius 2 is 1.27 bits per heavy atom. The fraction of sp³-hybridized carbons (Fsp3) is 1.00. The van der Waals surface area contributed by atoms with Crippen molar-refractivity contribution in [1.82, 2.24) is 0 Å². The van der Waals surface area contributed by atoms with Crippen LogP contribution in [0, 0.1) is 0 Å². The molecule has 0 aromatic heterocycles. The average molecular weight is 317 g/mol. The van der Waals surface area contributed by atoms with E-state index < -0.39 is 0 Å². The molecular weight excluding hydrogens is 282 g/mol. The third-order valence-electron chi connectivity index (χ3n) is 3.73. The fourth-order valence-electron chi connectivity index (χ4n) is 2.79. The van der Waals surface area contributed by atoms with Gasteiger partial charge in [0.05, 0.1) is 37.6 Å². The molecule has 0 spiro atoms. The maximum absolute atomic E-state index is 6.06. The van der Waals surface area contributed by atoms with E-state index in [4.69, 9.17) is 31.4 Å². The molecule has 0 aliphatic heterocycles. The summed E-state index contributed by atoms with van der Waals surface area (Å²) in [6, 6.07) is 0.0776. The topological polar surface area (TPSA) is 106 Å². The van der Waals surface area contributed by atoms with Crippen molar-refractivity contribution in [3.63, 3.8) is 0 Å². The summed E-state index contributed by atoms with van der Waals surface area (Å²) >= 11 is 0. The third-order valence-corrected chi connectivity index (χ3v) is 3.73. The van der Waals surface area contributed by atoms with E-state index in [1.54, 1.807) is 0 Å². The molecule has 0 aromatic carbocycles. The Bertz CT molecular complexity index is 291. The molecule has 6 heteroatoms. The van der Waals surface area contributed by atoms with Crippen molar-refractivity contribution in [3.8, 4) is 0 Å². The highest BCUT2D eigenvalue weighted by atomic mass is 16.5. The standard InChI is InChI=1S/C16H35N3O3/c1-11(17)8-20-14-5-15(21-9-12(2)18)7-16(4,6-14)22-10-13(3)19/h11-15H,5-10,17-19H2,1-4H3. The predicted molar refractivity (Wildman–Crippen MR) is 88.6 cm³/mol. The van der Waals surface area contributed by atoms with Gasteiger partial charge in [0.2, 0.25) is 0 Å². The molecule has 1 aliphatic rings. The van der Waals surface area contributed by atoms with Gasteiger partial charge in [0.15, 0.2) is 0 Å². The summed E-state index contributed by atoms with van der Waals surface area (Å²) in [4.78, 5) is 0. The second-order valence-electron chi connectivity index (χ2n) is 7.25. The molecule has 0 saturated heterocycles. The third kappa shape index (κ3) is 7.85. The number of hydrogen-bond acceptors (Lipinski definition) is 6. The highest BCUT2D eigenvalue weighted by Gasteiger charge is 2.39. The molecule has 1 fully saturated rings. The van der Waals surface area contributed by atoms with Crippen molar-refractivity contribution in [2.24, 2.45) is 17.2 Å². The Morgan fingerprint density at radius 1 is 0.864 bits per heavy atom. The summed E-state index contributed by atoms with van der Waals surface area (Å²) in [7, 11) is 0. The molecule has 1 aliphatic carbocycles. The largest absolute Gasteiger partial charge is 0.376 e. The Labute approximate surface area is 135 Å². The molecule has 0 aromatic rings. The smallest absolute Gasteiger partial charge is 0.0704 e. The van der Waals surface area contributed by atoms with E-state index >= 15 is 0 Å². The molecule has 22 heavy (non-hydrogen) atoms. The monoisotopic (exact) mass is 317 g/mol. The molecule has 5 unspecified atom stereocenters. The van der Waals surface area contributed by atoms with Crippen LogP contribution in [0.1, 0.15) is 47.0 Å². The molecule has 5 atom stereocenters. The van der Waals surface area contributed by atoms with Crippen LogP contribution in [0.3, 0.4) is 0 Å². The predicted octanol–water partition coefficient (Wildman–Crippen LogP) is 0.758. The lowest BCUT2D eigenvalue weighted by molar-refractivity contribution is -0.148. The van der Waals surface area contributed by atoms with E-state index in [1.807, 2.05) is 20.8 Å². The molecule has 0 radical (unpaired) electrons. The highest BCUT2D eigenvalue weighted by Crippen LogP contribution is 2.35. The molecule has 6 nitrogen and oxygen atoms in total. The first-order chi connectivity index (χ1) is 10.2. The zero-order valence-electron chi connectivity index (χ0n) is 14.6. The van der Waals surface area contributed by atoms with Gasteiger partial charge in [-0.25, -0.2) is 0 Å². The lowest BCUT2D eigenvalue weighted by Gasteiger charge is -2.42. The molecule has 1 rings (SSSR count). The van der Waals surface area contributed by atoms with E-state index in [9.17, 15) is 0 Å². The van der Waals surface area contributed by atoms with Crippen molar-refractivity contribution in [1.29, 1.82) is 0 Å². The van der Waals surface area contributed by atoms with Crippen LogP contribution >= 0.6 is 0 Å². The highest BCUT2D eigenvalue weighted by molar-refractivity contribution is 4.91. The lowest BCUT2D eigenvalue weighted by Crippen LogP contribution is -2.47. The number of ether oxygens (including phenoxy) is 3. The SMILES string of the molecule is CC(N)COC1CC(OCC(C)N)CC(C)(OCC(C)N)C1. The summed E-state index contributed by atoms with van der Waals surface area (Å²) in [5, 5.41) is 0. The van der Waals surface area contributed by atoms with Gasteiger partial charge in [0, 0.05) is 31.0 Å². The van der Waals surface area contributed by atoms with Crippen LogP contribution in [0.2, 0.25) is 0 Å². The summed E-state index contributed by atoms with van der Waals surface area (Å²) in [6.07, 6.45) is 2.72. The van der Waals surface area contributed by atoms with Crippen molar-refractivity contribution in [2.45, 2.75) is 82.9 Å². The molecule has 0 bridgehead atoms. The first kappa shape index (κ1) is 19.8. The zero-order chi connectivity index (χ0) is 16.8. The molecule has 1 saturated carbocycles. The van der Waals surface area contributed by atoms with Crippen molar-refractivity contribution < 1.29 is 14.2 Å². The zero-order valence-corrected chi connectivity index (χ0v) is 14.6. The van der Waals surface area contributed by atoms with Gasteiger partial charge in [0.25, 0.3) is 0 Å². The Morgan fingerprint density at radius 3 is 1.64 bits per heavy atom. The Hall–Kier alpha value is -0.240. The summed E-state index contributed by atoms with van der Waals surface area (Å²) in [5.41, 5.74) is 17.1. The van der Waals surface area contributed by atoms with E-state index in [1.165, 1.54) is 0 Å². The summed E-state index contributed by atoms with van der Waals surface area (Å²) in [6.45, 7) is 9.58. The van der Waals surface area contributed by atoms with Crippen LogP contribution in [-0.2, 0) is 14.2 Å². The first-order valence-corrected chi connectivity index (χ1v) is 8.34. The second kappa shape index (κ2) is 9.15. The van der Waals surface area contributed by atoms with E-state index in [2.05, 4.69) is 6.92 Å². The van der Waals surface area contributed by atoms with Gasteiger partial charge in [-0.2, -0.15) is 0 Å². The van der Waals surface area contributed by atoms with Gasteiger partial charge >= 0.3 is 0 Å². The Kier molecular flexibility index (Phi) is 8.24. The van der Waals surface area contributed by atoms with Crippen LogP contribution in [0.4, 0.5) is 0 Å². The normalized spacial score (nSPS) is 33.4. The minimum Gasteiger partial charge on any atom is -0.376 e. The van der Waals surface area contributed by atoms with Crippen LogP contribution in [-0.4, -0.2) is 55.8 Å². The molecule has 132 valence electrons. The van der Waals surface area contributed by atoms with Gasteiger partial charge in [-0.1, -0.05) is 0 Å². The second-order valence-corrected chi connectivity index (χ2v) is 7.25. The van der Waals surface area contributed by atoms with Crippen LogP contribution < -0.4 is 17.2 Å². The lowest BCUT2D eigenvalue weighted by atomic mass is 9.82. The summed E-state index contributed by atoms with van der Waals surface area (Å²) < 4.78 is 17.9. The molecule has 0 heterocycles. The number of hydrogen-bond donors (Lipinski definition) is 3. The Balaban J connectivity index is 2.62. The van der Waals surface area contributed by atoms with E-state index in [0.29, 0.717) is 19.8 Å². The molecule has 6 N–H and O–H groups in total. The van der Waals surface area contributed by atoms with Gasteiger partial charge < -0.3 is 31.4 Å². The van der Waals surface area contributed by atoms with Crippen LogP contribution in [0.15, 0.2) is 0 Å². The molecular formula is C16H35N3O3. The van der Waals surface area contributed by atoms with Crippen molar-refractivity contribution in [3.05, 3.63) is 0 Å². The van der Waals surface area contributed by atoms with Gasteiger partial charge in [-0.05, 0) is 34.1 Å². The van der Waals surface area contributed by atoms with Gasteiger partial charge in [-0.3, -0.25) is 0 Å². The van der Waals surface area contributed by atoms with E-state index in [0.717, 1.165) is 19.3 Å². The van der Waals surface area contributed by atoms with Crippen LogP contribution in [0.25, 0.3) is 0 Å². The van der Waals surface area contributed by atoms with Crippen molar-refractivity contribution >= 4 is 0 Å². The minimum absolute atomic E-state index is 0.0191. The number of rotatable bonds is 9. The van der Waals surface area contributed by atoms with Crippen LogP contribution in [0.5, 0.6) is 0 Å². The summed E-state index contributed by atoms with van der Waals surface area (Å²) in [5.74, 6) is 0. The maximum atomic E-state index is 6.06. The quantitative estimate of drug-likeness (QED) is 0.580. The first-order valence-electron chi connectivity index (χ1n) is 8.34. The number of nitrogens with two attached hydrogens (primary N) is 3. The average Bonchev–Trinajstić information content (AvgIpc) is 2.40. The van der Waals surface area contributed by atoms with Crippen molar-refractivity contribution in [2.75, 3.05) is 19.8 Å². The van der Waals surface area contributed by atoms with Gasteiger partial charge in [-0.15, -0.1) is 0 Å². The minimum atomic E-state index is -0.281.